The summed E-state index contributed by atoms with van der Waals surface area (Å²) in [6, 6.07) is 0. The zero-order valence-corrected chi connectivity index (χ0v) is 9.56. The van der Waals surface area contributed by atoms with Gasteiger partial charge in [0.05, 0.1) is 0 Å². The SMILES string of the molecule is CC/C=C/C(C)=C\N=C(C)CBr. The zero-order valence-electron chi connectivity index (χ0n) is 7.97. The maximum atomic E-state index is 4.25. The quantitative estimate of drug-likeness (QED) is 0.396. The minimum absolute atomic E-state index is 0.842. The topological polar surface area (TPSA) is 12.4 Å². The fraction of sp³-hybridized carbons (Fsp3) is 0.500. The van der Waals surface area contributed by atoms with Crippen LogP contribution in [-0.4, -0.2) is 11.0 Å². The van der Waals surface area contributed by atoms with Crippen LogP contribution in [0.2, 0.25) is 0 Å². The first kappa shape index (κ1) is 11.6. The van der Waals surface area contributed by atoms with Gasteiger partial charge in [-0.1, -0.05) is 35.0 Å². The maximum absolute atomic E-state index is 4.25. The summed E-state index contributed by atoms with van der Waals surface area (Å²) in [5, 5.41) is 0.842. The van der Waals surface area contributed by atoms with Gasteiger partial charge >= 0.3 is 0 Å². The molecule has 0 amide bonds. The number of hydrogen-bond acceptors (Lipinski definition) is 1. The molecule has 0 aliphatic carbocycles. The standard InChI is InChI=1S/C10H16BrN/c1-4-5-6-9(2)8-12-10(3)7-11/h5-6,8H,4,7H2,1-3H3/b6-5+,9-8-,12-10?. The van der Waals surface area contributed by atoms with Crippen molar-refractivity contribution in [3.8, 4) is 0 Å². The Morgan fingerprint density at radius 2 is 2.08 bits per heavy atom. The molecule has 0 N–H and O–H groups in total. The van der Waals surface area contributed by atoms with Gasteiger partial charge in [0.1, 0.15) is 0 Å². The summed E-state index contributed by atoms with van der Waals surface area (Å²) >= 11 is 3.34. The number of alkyl halides is 1. The molecule has 68 valence electrons. The molecule has 0 aromatic carbocycles. The van der Waals surface area contributed by atoms with Crippen molar-refractivity contribution in [2.24, 2.45) is 4.99 Å². The highest BCUT2D eigenvalue weighted by atomic mass is 79.9. The summed E-state index contributed by atoms with van der Waals surface area (Å²) in [6.45, 7) is 6.18. The van der Waals surface area contributed by atoms with Crippen molar-refractivity contribution in [3.05, 3.63) is 23.9 Å². The summed E-state index contributed by atoms with van der Waals surface area (Å²) in [5.41, 5.74) is 2.29. The first-order chi connectivity index (χ1) is 5.70. The van der Waals surface area contributed by atoms with E-state index in [0.717, 1.165) is 17.5 Å². The Kier molecular flexibility index (Phi) is 7.06. The van der Waals surface area contributed by atoms with E-state index in [1.165, 1.54) is 5.57 Å². The highest BCUT2D eigenvalue weighted by Gasteiger charge is 1.83. The molecule has 2 heteroatoms. The summed E-state index contributed by atoms with van der Waals surface area (Å²) < 4.78 is 0. The van der Waals surface area contributed by atoms with Gasteiger partial charge in [-0.15, -0.1) is 0 Å². The van der Waals surface area contributed by atoms with E-state index in [2.05, 4.69) is 46.9 Å². The lowest BCUT2D eigenvalue weighted by molar-refractivity contribution is 1.21. The molecule has 0 aromatic rings. The summed E-state index contributed by atoms with van der Waals surface area (Å²) in [5.74, 6) is 0. The van der Waals surface area contributed by atoms with Crippen molar-refractivity contribution in [1.82, 2.24) is 0 Å². The van der Waals surface area contributed by atoms with Crippen LogP contribution in [-0.2, 0) is 0 Å². The second kappa shape index (κ2) is 7.29. The van der Waals surface area contributed by atoms with Crippen molar-refractivity contribution >= 4 is 21.6 Å². The van der Waals surface area contributed by atoms with Crippen LogP contribution >= 0.6 is 15.9 Å². The first-order valence-electron chi connectivity index (χ1n) is 4.13. The second-order valence-corrected chi connectivity index (χ2v) is 3.24. The van der Waals surface area contributed by atoms with Gasteiger partial charge in [-0.05, 0) is 25.8 Å². The van der Waals surface area contributed by atoms with Gasteiger partial charge < -0.3 is 0 Å². The van der Waals surface area contributed by atoms with E-state index in [9.17, 15) is 0 Å². The van der Waals surface area contributed by atoms with Crippen molar-refractivity contribution < 1.29 is 0 Å². The molecule has 0 spiro atoms. The Balaban J connectivity index is 4.08. The van der Waals surface area contributed by atoms with Gasteiger partial charge in [-0.2, -0.15) is 0 Å². The van der Waals surface area contributed by atoms with Crippen LogP contribution in [0.4, 0.5) is 0 Å². The lowest BCUT2D eigenvalue weighted by Crippen LogP contribution is -1.88. The normalized spacial score (nSPS) is 14.3. The molecule has 0 saturated heterocycles. The number of nitrogens with zero attached hydrogens (tertiary/aromatic N) is 1. The number of hydrogen-bond donors (Lipinski definition) is 0. The number of rotatable bonds is 4. The molecule has 0 radical (unpaired) electrons. The van der Waals surface area contributed by atoms with Crippen molar-refractivity contribution in [3.63, 3.8) is 0 Å². The maximum Gasteiger partial charge on any atom is 0.0414 e. The average molecular weight is 230 g/mol. The predicted molar refractivity (Wildman–Crippen MR) is 60.1 cm³/mol. The molecule has 0 aliphatic heterocycles. The highest BCUT2D eigenvalue weighted by molar-refractivity contribution is 9.09. The van der Waals surface area contributed by atoms with E-state index in [4.69, 9.17) is 0 Å². The average Bonchev–Trinajstić information content (AvgIpc) is 2.10. The van der Waals surface area contributed by atoms with Crippen LogP contribution < -0.4 is 0 Å². The smallest absolute Gasteiger partial charge is 0.0414 e. The van der Waals surface area contributed by atoms with Gasteiger partial charge in [0, 0.05) is 17.2 Å². The third-order valence-corrected chi connectivity index (χ3v) is 2.11. The van der Waals surface area contributed by atoms with Gasteiger partial charge in [-0.25, -0.2) is 0 Å². The zero-order chi connectivity index (χ0) is 9.40. The van der Waals surface area contributed by atoms with E-state index in [1.54, 1.807) is 0 Å². The Morgan fingerprint density at radius 1 is 1.42 bits per heavy atom. The van der Waals surface area contributed by atoms with Crippen LogP contribution in [0.3, 0.4) is 0 Å². The van der Waals surface area contributed by atoms with Crippen molar-refractivity contribution in [2.45, 2.75) is 27.2 Å². The Labute approximate surface area is 83.4 Å². The number of aliphatic imine (C=N–C) groups is 1. The molecular weight excluding hydrogens is 214 g/mol. The summed E-state index contributed by atoms with van der Waals surface area (Å²) in [6.07, 6.45) is 7.19. The molecule has 1 nitrogen and oxygen atoms in total. The van der Waals surface area contributed by atoms with Gasteiger partial charge in [0.2, 0.25) is 0 Å². The summed E-state index contributed by atoms with van der Waals surface area (Å²) in [7, 11) is 0. The molecule has 0 fully saturated rings. The third kappa shape index (κ3) is 6.35. The second-order valence-electron chi connectivity index (χ2n) is 2.68. The third-order valence-electron chi connectivity index (χ3n) is 1.30. The lowest BCUT2D eigenvalue weighted by atomic mass is 10.3. The highest BCUT2D eigenvalue weighted by Crippen LogP contribution is 1.97. The number of halogens is 1. The van der Waals surface area contributed by atoms with Crippen LogP contribution in [0.25, 0.3) is 0 Å². The van der Waals surface area contributed by atoms with E-state index >= 15 is 0 Å². The van der Waals surface area contributed by atoms with Crippen LogP contribution in [0.15, 0.2) is 28.9 Å². The van der Waals surface area contributed by atoms with Crippen LogP contribution in [0.5, 0.6) is 0 Å². The van der Waals surface area contributed by atoms with E-state index in [1.807, 2.05) is 13.1 Å². The predicted octanol–water partition coefficient (Wildman–Crippen LogP) is 3.71. The summed E-state index contributed by atoms with van der Waals surface area (Å²) in [4.78, 5) is 4.25. The molecule has 12 heavy (non-hydrogen) atoms. The molecule has 0 aromatic heterocycles. The molecule has 0 unspecified atom stereocenters. The van der Waals surface area contributed by atoms with Crippen molar-refractivity contribution in [2.75, 3.05) is 5.33 Å². The Hall–Kier alpha value is -0.370. The minimum atomic E-state index is 0.842. The molecule has 0 bridgehead atoms. The van der Waals surface area contributed by atoms with Gasteiger partial charge in [0.25, 0.3) is 0 Å². The number of allylic oxidation sites excluding steroid dienone is 3. The fourth-order valence-corrected chi connectivity index (χ4v) is 0.738. The molecule has 0 rings (SSSR count). The molecule has 0 saturated carbocycles. The Bertz CT molecular complexity index is 202. The fourth-order valence-electron chi connectivity index (χ4n) is 0.593. The molecule has 0 aliphatic rings. The van der Waals surface area contributed by atoms with Gasteiger partial charge in [-0.3, -0.25) is 4.99 Å². The molecule has 0 heterocycles. The lowest BCUT2D eigenvalue weighted by Gasteiger charge is -1.90. The van der Waals surface area contributed by atoms with E-state index in [0.29, 0.717) is 0 Å². The van der Waals surface area contributed by atoms with Crippen LogP contribution in [0.1, 0.15) is 27.2 Å². The minimum Gasteiger partial charge on any atom is -0.265 e. The molecule has 0 atom stereocenters. The Morgan fingerprint density at radius 3 is 2.58 bits per heavy atom. The largest absolute Gasteiger partial charge is 0.265 e. The first-order valence-corrected chi connectivity index (χ1v) is 5.25. The van der Waals surface area contributed by atoms with Gasteiger partial charge in [0.15, 0.2) is 0 Å². The van der Waals surface area contributed by atoms with E-state index < -0.39 is 0 Å². The monoisotopic (exact) mass is 229 g/mol. The van der Waals surface area contributed by atoms with Crippen molar-refractivity contribution in [1.29, 1.82) is 0 Å². The van der Waals surface area contributed by atoms with Crippen LogP contribution in [0, 0.1) is 0 Å². The van der Waals surface area contributed by atoms with E-state index in [-0.39, 0.29) is 0 Å². The molecular formula is C10H16BrN.